The van der Waals surface area contributed by atoms with Crippen molar-refractivity contribution in [3.05, 3.63) is 47.5 Å². The second kappa shape index (κ2) is 4.93. The molecule has 0 aliphatic rings. The van der Waals surface area contributed by atoms with Crippen molar-refractivity contribution in [2.75, 3.05) is 5.73 Å². The van der Waals surface area contributed by atoms with Gasteiger partial charge in [-0.1, -0.05) is 0 Å². The number of pyridine rings is 1. The lowest BCUT2D eigenvalue weighted by Gasteiger charge is -2.10. The minimum Gasteiger partial charge on any atom is -0.478 e. The Morgan fingerprint density at radius 3 is 2.79 bits per heavy atom. The van der Waals surface area contributed by atoms with E-state index in [4.69, 9.17) is 15.6 Å². The molecule has 1 aromatic heterocycles. The zero-order valence-corrected chi connectivity index (χ0v) is 10.1. The Labute approximate surface area is 108 Å². The molecule has 1 aromatic carbocycles. The SMILES string of the molecule is Cc1ncccc1Oc1cc(C(=O)O)c(N)cc1F. The van der Waals surface area contributed by atoms with E-state index in [0.29, 0.717) is 11.4 Å². The van der Waals surface area contributed by atoms with Gasteiger partial charge in [-0.15, -0.1) is 0 Å². The highest BCUT2D eigenvalue weighted by atomic mass is 19.1. The lowest BCUT2D eigenvalue weighted by molar-refractivity contribution is 0.0697. The number of carboxylic acid groups (broad SMARTS) is 1. The van der Waals surface area contributed by atoms with E-state index in [1.807, 2.05) is 0 Å². The number of benzene rings is 1. The van der Waals surface area contributed by atoms with Crippen molar-refractivity contribution in [1.29, 1.82) is 0 Å². The third-order valence-corrected chi connectivity index (χ3v) is 2.51. The Balaban J connectivity index is 2.43. The number of aromatic nitrogens is 1. The van der Waals surface area contributed by atoms with Gasteiger partial charge in [0, 0.05) is 24.0 Å². The highest BCUT2D eigenvalue weighted by molar-refractivity contribution is 5.94. The molecular weight excluding hydrogens is 251 g/mol. The molecule has 0 aliphatic carbocycles. The van der Waals surface area contributed by atoms with Crippen molar-refractivity contribution in [3.63, 3.8) is 0 Å². The molecule has 2 rings (SSSR count). The van der Waals surface area contributed by atoms with Crippen molar-refractivity contribution < 1.29 is 19.0 Å². The van der Waals surface area contributed by atoms with Gasteiger partial charge in [-0.05, 0) is 19.1 Å². The number of carbonyl (C=O) groups is 1. The Bertz CT molecular complexity index is 644. The molecule has 1 heterocycles. The smallest absolute Gasteiger partial charge is 0.337 e. The van der Waals surface area contributed by atoms with E-state index in [1.165, 1.54) is 0 Å². The van der Waals surface area contributed by atoms with Crippen LogP contribution in [0.5, 0.6) is 11.5 Å². The Morgan fingerprint density at radius 1 is 1.42 bits per heavy atom. The average molecular weight is 262 g/mol. The van der Waals surface area contributed by atoms with Crippen LogP contribution in [0.2, 0.25) is 0 Å². The Kier molecular flexibility index (Phi) is 3.33. The number of anilines is 1. The average Bonchev–Trinajstić information content (AvgIpc) is 2.34. The van der Waals surface area contributed by atoms with Crippen molar-refractivity contribution in [2.45, 2.75) is 6.92 Å². The van der Waals surface area contributed by atoms with E-state index in [2.05, 4.69) is 4.98 Å². The predicted octanol–water partition coefficient (Wildman–Crippen LogP) is 2.60. The van der Waals surface area contributed by atoms with Crippen LogP contribution in [0.1, 0.15) is 16.1 Å². The van der Waals surface area contributed by atoms with E-state index in [1.54, 1.807) is 25.3 Å². The van der Waals surface area contributed by atoms with E-state index in [0.717, 1.165) is 12.1 Å². The van der Waals surface area contributed by atoms with Gasteiger partial charge in [0.2, 0.25) is 0 Å². The number of ether oxygens (including phenoxy) is 1. The maximum Gasteiger partial charge on any atom is 0.337 e. The fourth-order valence-electron chi connectivity index (χ4n) is 1.53. The Morgan fingerprint density at radius 2 is 2.16 bits per heavy atom. The minimum atomic E-state index is -1.25. The molecular formula is C13H11FN2O3. The maximum absolute atomic E-state index is 13.7. The van der Waals surface area contributed by atoms with E-state index in [-0.39, 0.29) is 17.0 Å². The van der Waals surface area contributed by atoms with Crippen LogP contribution in [0.25, 0.3) is 0 Å². The van der Waals surface area contributed by atoms with Gasteiger partial charge in [0.1, 0.15) is 5.75 Å². The molecule has 0 spiro atoms. The van der Waals surface area contributed by atoms with Crippen LogP contribution in [-0.4, -0.2) is 16.1 Å². The molecule has 0 aliphatic heterocycles. The van der Waals surface area contributed by atoms with Crippen LogP contribution in [0, 0.1) is 12.7 Å². The lowest BCUT2D eigenvalue weighted by Crippen LogP contribution is -2.04. The zero-order chi connectivity index (χ0) is 14.0. The highest BCUT2D eigenvalue weighted by Gasteiger charge is 2.15. The molecule has 2 aromatic rings. The monoisotopic (exact) mass is 262 g/mol. The summed E-state index contributed by atoms with van der Waals surface area (Å²) in [4.78, 5) is 14.9. The number of hydrogen-bond acceptors (Lipinski definition) is 4. The van der Waals surface area contributed by atoms with Gasteiger partial charge < -0.3 is 15.6 Å². The molecule has 0 fully saturated rings. The second-order valence-electron chi connectivity index (χ2n) is 3.86. The first kappa shape index (κ1) is 12.8. The van der Waals surface area contributed by atoms with Gasteiger partial charge in [0.25, 0.3) is 0 Å². The molecule has 0 amide bonds. The van der Waals surface area contributed by atoms with Crippen molar-refractivity contribution >= 4 is 11.7 Å². The first-order chi connectivity index (χ1) is 8.99. The first-order valence-electron chi connectivity index (χ1n) is 5.41. The maximum atomic E-state index is 13.7. The number of nitrogen functional groups attached to an aromatic ring is 1. The number of rotatable bonds is 3. The summed E-state index contributed by atoms with van der Waals surface area (Å²) in [5.41, 5.74) is 5.63. The number of nitrogens with zero attached hydrogens (tertiary/aromatic N) is 1. The van der Waals surface area contributed by atoms with Crippen LogP contribution in [0.15, 0.2) is 30.5 Å². The molecule has 0 unspecified atom stereocenters. The number of aromatic carboxylic acids is 1. The number of nitrogens with two attached hydrogens (primary N) is 1. The first-order valence-corrected chi connectivity index (χ1v) is 5.41. The highest BCUT2D eigenvalue weighted by Crippen LogP contribution is 2.29. The zero-order valence-electron chi connectivity index (χ0n) is 10.1. The van der Waals surface area contributed by atoms with Gasteiger partial charge >= 0.3 is 5.97 Å². The summed E-state index contributed by atoms with van der Waals surface area (Å²) in [5.74, 6) is -1.83. The fourth-order valence-corrected chi connectivity index (χ4v) is 1.53. The number of hydrogen-bond donors (Lipinski definition) is 2. The molecule has 0 atom stereocenters. The van der Waals surface area contributed by atoms with E-state index >= 15 is 0 Å². The van der Waals surface area contributed by atoms with Crippen LogP contribution >= 0.6 is 0 Å². The molecule has 0 saturated carbocycles. The summed E-state index contributed by atoms with van der Waals surface area (Å²) in [6.45, 7) is 1.70. The van der Waals surface area contributed by atoms with Crippen molar-refractivity contribution in [1.82, 2.24) is 4.98 Å². The summed E-state index contributed by atoms with van der Waals surface area (Å²) in [6, 6.07) is 5.22. The predicted molar refractivity (Wildman–Crippen MR) is 66.8 cm³/mol. The van der Waals surface area contributed by atoms with Gasteiger partial charge in [-0.25, -0.2) is 9.18 Å². The standard InChI is InChI=1S/C13H11FN2O3/c1-7-11(3-2-4-16-7)19-12-5-8(13(17)18)10(15)6-9(12)14/h2-6H,15H2,1H3,(H,17,18). The fraction of sp³-hybridized carbons (Fsp3) is 0.0769. The molecule has 0 saturated heterocycles. The molecule has 0 radical (unpaired) electrons. The minimum absolute atomic E-state index is 0.153. The van der Waals surface area contributed by atoms with E-state index in [9.17, 15) is 9.18 Å². The van der Waals surface area contributed by atoms with Crippen LogP contribution in [0.4, 0.5) is 10.1 Å². The van der Waals surface area contributed by atoms with Crippen LogP contribution in [0.3, 0.4) is 0 Å². The van der Waals surface area contributed by atoms with Gasteiger partial charge in [0.05, 0.1) is 11.3 Å². The van der Waals surface area contributed by atoms with Crippen molar-refractivity contribution in [2.24, 2.45) is 0 Å². The van der Waals surface area contributed by atoms with Gasteiger partial charge in [-0.2, -0.15) is 0 Å². The van der Waals surface area contributed by atoms with Crippen LogP contribution < -0.4 is 10.5 Å². The summed E-state index contributed by atoms with van der Waals surface area (Å²) in [6.07, 6.45) is 1.57. The normalized spacial score (nSPS) is 10.2. The third-order valence-electron chi connectivity index (χ3n) is 2.51. The number of aryl methyl sites for hydroxylation is 1. The molecule has 98 valence electrons. The van der Waals surface area contributed by atoms with E-state index < -0.39 is 11.8 Å². The molecule has 0 bridgehead atoms. The van der Waals surface area contributed by atoms with Crippen molar-refractivity contribution in [3.8, 4) is 11.5 Å². The topological polar surface area (TPSA) is 85.4 Å². The third kappa shape index (κ3) is 2.62. The number of carboxylic acids is 1. The second-order valence-corrected chi connectivity index (χ2v) is 3.86. The summed E-state index contributed by atoms with van der Waals surface area (Å²) < 4.78 is 19.0. The molecule has 19 heavy (non-hydrogen) atoms. The summed E-state index contributed by atoms with van der Waals surface area (Å²) >= 11 is 0. The molecule has 5 nitrogen and oxygen atoms in total. The quantitative estimate of drug-likeness (QED) is 0.830. The largest absolute Gasteiger partial charge is 0.478 e. The Hall–Kier alpha value is -2.63. The molecule has 3 N–H and O–H groups in total. The summed E-state index contributed by atoms with van der Waals surface area (Å²) in [7, 11) is 0. The molecule has 6 heteroatoms. The lowest BCUT2D eigenvalue weighted by atomic mass is 10.1. The van der Waals surface area contributed by atoms with Gasteiger partial charge in [-0.3, -0.25) is 4.98 Å². The van der Waals surface area contributed by atoms with Crippen LogP contribution in [-0.2, 0) is 0 Å². The van der Waals surface area contributed by atoms with Gasteiger partial charge in [0.15, 0.2) is 11.6 Å². The summed E-state index contributed by atoms with van der Waals surface area (Å²) in [5, 5.41) is 8.93. The number of halogens is 1.